The predicted molar refractivity (Wildman–Crippen MR) is 78.7 cm³/mol. The number of benzene rings is 1. The van der Waals surface area contributed by atoms with Crippen molar-refractivity contribution in [2.24, 2.45) is 0 Å². The van der Waals surface area contributed by atoms with Gasteiger partial charge in [0.1, 0.15) is 0 Å². The molecular weight excluding hydrogens is 254 g/mol. The third-order valence-electron chi connectivity index (χ3n) is 3.72. The van der Waals surface area contributed by atoms with Gasteiger partial charge in [-0.1, -0.05) is 12.1 Å². The van der Waals surface area contributed by atoms with Gasteiger partial charge in [-0.25, -0.2) is 0 Å². The maximum atomic E-state index is 12.3. The molecule has 2 amide bonds. The van der Waals surface area contributed by atoms with Gasteiger partial charge in [-0.15, -0.1) is 0 Å². The summed E-state index contributed by atoms with van der Waals surface area (Å²) in [6.07, 6.45) is 1.63. The van der Waals surface area contributed by atoms with Crippen LogP contribution < -0.4 is 10.6 Å². The number of hydrogen-bond acceptors (Lipinski definition) is 3. The van der Waals surface area contributed by atoms with Gasteiger partial charge in [0.25, 0.3) is 5.91 Å². The van der Waals surface area contributed by atoms with Gasteiger partial charge in [-0.2, -0.15) is 0 Å². The highest BCUT2D eigenvalue weighted by molar-refractivity contribution is 5.99. The van der Waals surface area contributed by atoms with E-state index in [9.17, 15) is 9.59 Å². The van der Waals surface area contributed by atoms with E-state index in [0.29, 0.717) is 18.7 Å². The molecule has 1 saturated heterocycles. The summed E-state index contributed by atoms with van der Waals surface area (Å²) in [4.78, 5) is 25.4. The van der Waals surface area contributed by atoms with Crippen molar-refractivity contribution in [3.8, 4) is 0 Å². The highest BCUT2D eigenvalue weighted by Crippen LogP contribution is 2.16. The van der Waals surface area contributed by atoms with Crippen LogP contribution in [-0.2, 0) is 4.79 Å². The zero-order valence-electron chi connectivity index (χ0n) is 12.0. The second kappa shape index (κ2) is 6.41. The Morgan fingerprint density at radius 2 is 1.85 bits per heavy atom. The monoisotopic (exact) mass is 275 g/mol. The summed E-state index contributed by atoms with van der Waals surface area (Å²) in [6.45, 7) is 3.02. The number of piperidine rings is 1. The highest BCUT2D eigenvalue weighted by Gasteiger charge is 2.22. The fourth-order valence-corrected chi connectivity index (χ4v) is 2.50. The van der Waals surface area contributed by atoms with E-state index in [0.717, 1.165) is 18.5 Å². The van der Waals surface area contributed by atoms with Crippen LogP contribution in [0.25, 0.3) is 0 Å². The lowest BCUT2D eigenvalue weighted by Crippen LogP contribution is -2.46. The average molecular weight is 275 g/mol. The van der Waals surface area contributed by atoms with E-state index in [-0.39, 0.29) is 17.9 Å². The van der Waals surface area contributed by atoms with E-state index in [1.54, 1.807) is 14.0 Å². The molecule has 2 N–H and O–H groups in total. The molecule has 1 aromatic carbocycles. The van der Waals surface area contributed by atoms with Gasteiger partial charge in [-0.3, -0.25) is 9.59 Å². The number of nitrogens with zero attached hydrogens (tertiary/aromatic N) is 1. The minimum absolute atomic E-state index is 0.0591. The van der Waals surface area contributed by atoms with Crippen molar-refractivity contribution in [1.82, 2.24) is 10.2 Å². The molecule has 5 nitrogen and oxygen atoms in total. The Labute approximate surface area is 119 Å². The Hall–Kier alpha value is -2.04. The Balaban J connectivity index is 1.94. The van der Waals surface area contributed by atoms with Crippen LogP contribution in [0.1, 0.15) is 30.1 Å². The Morgan fingerprint density at radius 1 is 1.20 bits per heavy atom. The molecule has 0 saturated carbocycles. The lowest BCUT2D eigenvalue weighted by molar-refractivity contribution is -0.129. The van der Waals surface area contributed by atoms with E-state index in [4.69, 9.17) is 0 Å². The minimum atomic E-state index is -0.0591. The van der Waals surface area contributed by atoms with Crippen molar-refractivity contribution in [1.29, 1.82) is 0 Å². The standard InChI is InChI=1S/C15H21N3O2/c1-11(19)18-9-7-12(8-10-18)17-15(20)13-5-3-4-6-14(13)16-2/h3-6,12,16H,7-10H2,1-2H3,(H,17,20). The van der Waals surface area contributed by atoms with Crippen LogP contribution in [0, 0.1) is 0 Å². The van der Waals surface area contributed by atoms with Gasteiger partial charge in [0.05, 0.1) is 5.56 Å². The first-order valence-corrected chi connectivity index (χ1v) is 6.95. The lowest BCUT2D eigenvalue weighted by Gasteiger charge is -2.31. The third kappa shape index (κ3) is 3.29. The van der Waals surface area contributed by atoms with Crippen LogP contribution in [0.2, 0.25) is 0 Å². The summed E-state index contributed by atoms with van der Waals surface area (Å²) in [5.74, 6) is 0.0477. The van der Waals surface area contributed by atoms with E-state index >= 15 is 0 Å². The van der Waals surface area contributed by atoms with Crippen molar-refractivity contribution in [2.45, 2.75) is 25.8 Å². The molecule has 1 aliphatic rings. The minimum Gasteiger partial charge on any atom is -0.387 e. The van der Waals surface area contributed by atoms with Gasteiger partial charge in [-0.05, 0) is 25.0 Å². The average Bonchev–Trinajstić information content (AvgIpc) is 2.47. The molecule has 1 fully saturated rings. The smallest absolute Gasteiger partial charge is 0.253 e. The molecular formula is C15H21N3O2. The molecule has 0 unspecified atom stereocenters. The molecule has 1 aliphatic heterocycles. The fourth-order valence-electron chi connectivity index (χ4n) is 2.50. The van der Waals surface area contributed by atoms with Gasteiger partial charge in [0.15, 0.2) is 0 Å². The molecule has 1 heterocycles. The van der Waals surface area contributed by atoms with Crippen LogP contribution in [-0.4, -0.2) is 42.9 Å². The molecule has 2 rings (SSSR count). The zero-order valence-corrected chi connectivity index (χ0v) is 12.0. The van der Waals surface area contributed by atoms with Gasteiger partial charge < -0.3 is 15.5 Å². The largest absolute Gasteiger partial charge is 0.387 e. The molecule has 0 bridgehead atoms. The zero-order chi connectivity index (χ0) is 14.5. The molecule has 0 atom stereocenters. The van der Waals surface area contributed by atoms with E-state index in [1.807, 2.05) is 29.2 Å². The van der Waals surface area contributed by atoms with Crippen molar-refractivity contribution >= 4 is 17.5 Å². The summed E-state index contributed by atoms with van der Waals surface area (Å²) in [7, 11) is 1.80. The number of carbonyl (C=O) groups excluding carboxylic acids is 2. The number of anilines is 1. The summed E-state index contributed by atoms with van der Waals surface area (Å²) in [5, 5.41) is 6.07. The van der Waals surface area contributed by atoms with Crippen LogP contribution in [0.5, 0.6) is 0 Å². The quantitative estimate of drug-likeness (QED) is 0.878. The van der Waals surface area contributed by atoms with Crippen LogP contribution in [0.3, 0.4) is 0 Å². The topological polar surface area (TPSA) is 61.4 Å². The first-order chi connectivity index (χ1) is 9.61. The molecule has 1 aromatic rings. The van der Waals surface area contributed by atoms with Crippen LogP contribution in [0.4, 0.5) is 5.69 Å². The summed E-state index contributed by atoms with van der Waals surface area (Å²) < 4.78 is 0. The predicted octanol–water partition coefficient (Wildman–Crippen LogP) is 1.47. The summed E-state index contributed by atoms with van der Waals surface area (Å²) in [5.41, 5.74) is 1.48. The molecule has 0 aliphatic carbocycles. The van der Waals surface area contributed by atoms with Crippen molar-refractivity contribution in [2.75, 3.05) is 25.5 Å². The van der Waals surface area contributed by atoms with Crippen molar-refractivity contribution in [3.05, 3.63) is 29.8 Å². The Morgan fingerprint density at radius 3 is 2.45 bits per heavy atom. The summed E-state index contributed by atoms with van der Waals surface area (Å²) >= 11 is 0. The van der Waals surface area contributed by atoms with Crippen molar-refractivity contribution in [3.63, 3.8) is 0 Å². The maximum Gasteiger partial charge on any atom is 0.253 e. The number of amides is 2. The maximum absolute atomic E-state index is 12.3. The number of hydrogen-bond donors (Lipinski definition) is 2. The number of nitrogens with one attached hydrogen (secondary N) is 2. The van der Waals surface area contributed by atoms with Gasteiger partial charge >= 0.3 is 0 Å². The first kappa shape index (κ1) is 14.4. The fraction of sp³-hybridized carbons (Fsp3) is 0.467. The lowest BCUT2D eigenvalue weighted by atomic mass is 10.0. The normalized spacial score (nSPS) is 15.8. The second-order valence-corrected chi connectivity index (χ2v) is 5.05. The molecule has 0 radical (unpaired) electrons. The van der Waals surface area contributed by atoms with E-state index in [2.05, 4.69) is 10.6 Å². The SMILES string of the molecule is CNc1ccccc1C(=O)NC1CCN(C(C)=O)CC1. The van der Waals surface area contributed by atoms with Crippen LogP contribution >= 0.6 is 0 Å². The van der Waals surface area contributed by atoms with Crippen LogP contribution in [0.15, 0.2) is 24.3 Å². The summed E-state index contributed by atoms with van der Waals surface area (Å²) in [6, 6.07) is 7.59. The van der Waals surface area contributed by atoms with Gasteiger partial charge in [0, 0.05) is 38.8 Å². The number of para-hydroxylation sites is 1. The Kier molecular flexibility index (Phi) is 4.61. The number of rotatable bonds is 3. The molecule has 0 spiro atoms. The van der Waals surface area contributed by atoms with Gasteiger partial charge in [0.2, 0.25) is 5.91 Å². The molecule has 20 heavy (non-hydrogen) atoms. The molecule has 0 aromatic heterocycles. The van der Waals surface area contributed by atoms with E-state index in [1.165, 1.54) is 0 Å². The number of carbonyl (C=O) groups is 2. The third-order valence-corrected chi connectivity index (χ3v) is 3.72. The highest BCUT2D eigenvalue weighted by atomic mass is 16.2. The second-order valence-electron chi connectivity index (χ2n) is 5.05. The Bertz CT molecular complexity index is 494. The first-order valence-electron chi connectivity index (χ1n) is 6.95. The molecule has 5 heteroatoms. The van der Waals surface area contributed by atoms with Crippen molar-refractivity contribution < 1.29 is 9.59 Å². The molecule has 108 valence electrons. The number of likely N-dealkylation sites (tertiary alicyclic amines) is 1. The van der Waals surface area contributed by atoms with E-state index < -0.39 is 0 Å².